The summed E-state index contributed by atoms with van der Waals surface area (Å²) in [5.41, 5.74) is 2.69. The van der Waals surface area contributed by atoms with E-state index in [0.29, 0.717) is 5.13 Å². The number of aryl methyl sites for hydroxylation is 2. The maximum absolute atomic E-state index is 4.21. The first-order valence-corrected chi connectivity index (χ1v) is 6.48. The summed E-state index contributed by atoms with van der Waals surface area (Å²) in [4.78, 5) is 9.28. The van der Waals surface area contributed by atoms with Gasteiger partial charge in [0.25, 0.3) is 0 Å². The standard InChI is InChI=1S/C13H14N4S/c1-4-11-8-15-13(18-11)17-16-12-6-5-10(14-3)7-9(12)2/h5-8H,3-4H2,1-2H3. The fourth-order valence-corrected chi connectivity index (χ4v) is 2.13. The van der Waals surface area contributed by atoms with Gasteiger partial charge in [-0.2, -0.15) is 0 Å². The first kappa shape index (κ1) is 12.6. The van der Waals surface area contributed by atoms with Gasteiger partial charge in [0.1, 0.15) is 0 Å². The Morgan fingerprint density at radius 2 is 2.17 bits per heavy atom. The Morgan fingerprint density at radius 3 is 2.78 bits per heavy atom. The maximum Gasteiger partial charge on any atom is 0.230 e. The van der Waals surface area contributed by atoms with Gasteiger partial charge in [0, 0.05) is 11.1 Å². The van der Waals surface area contributed by atoms with Gasteiger partial charge in [-0.25, -0.2) is 4.98 Å². The summed E-state index contributed by atoms with van der Waals surface area (Å²) >= 11 is 1.57. The fourth-order valence-electron chi connectivity index (χ4n) is 1.45. The second-order valence-corrected chi connectivity index (χ2v) is 4.89. The quantitative estimate of drug-likeness (QED) is 0.576. The molecule has 0 saturated carbocycles. The molecule has 92 valence electrons. The molecule has 0 saturated heterocycles. The molecule has 0 fully saturated rings. The number of nitrogens with zero attached hydrogens (tertiary/aromatic N) is 4. The molecule has 0 bridgehead atoms. The van der Waals surface area contributed by atoms with Crippen LogP contribution in [0.15, 0.2) is 39.6 Å². The molecule has 0 radical (unpaired) electrons. The minimum atomic E-state index is 0.692. The molecule has 0 aliphatic heterocycles. The molecule has 0 spiro atoms. The lowest BCUT2D eigenvalue weighted by Crippen LogP contribution is -1.73. The van der Waals surface area contributed by atoms with E-state index in [2.05, 4.69) is 33.8 Å². The summed E-state index contributed by atoms with van der Waals surface area (Å²) in [6.07, 6.45) is 2.82. The van der Waals surface area contributed by atoms with Gasteiger partial charge >= 0.3 is 0 Å². The van der Waals surface area contributed by atoms with Crippen molar-refractivity contribution >= 4 is 34.6 Å². The Balaban J connectivity index is 2.20. The van der Waals surface area contributed by atoms with Crippen LogP contribution >= 0.6 is 11.3 Å². The number of hydrogen-bond donors (Lipinski definition) is 0. The Bertz CT molecular complexity index is 586. The van der Waals surface area contributed by atoms with Crippen LogP contribution in [0.4, 0.5) is 16.5 Å². The number of hydrogen-bond acceptors (Lipinski definition) is 5. The third kappa shape index (κ3) is 2.87. The number of rotatable bonds is 4. The predicted molar refractivity (Wildman–Crippen MR) is 76.1 cm³/mol. The zero-order valence-corrected chi connectivity index (χ0v) is 11.2. The van der Waals surface area contributed by atoms with Crippen molar-refractivity contribution in [3.05, 3.63) is 34.8 Å². The summed E-state index contributed by atoms with van der Waals surface area (Å²) in [6.45, 7) is 7.57. The average Bonchev–Trinajstić information content (AvgIpc) is 2.85. The summed E-state index contributed by atoms with van der Waals surface area (Å²) in [5, 5.41) is 9.05. The van der Waals surface area contributed by atoms with E-state index < -0.39 is 0 Å². The Kier molecular flexibility index (Phi) is 3.94. The molecule has 1 heterocycles. The molecule has 0 aliphatic rings. The highest BCUT2D eigenvalue weighted by atomic mass is 32.1. The van der Waals surface area contributed by atoms with Gasteiger partial charge in [-0.1, -0.05) is 18.3 Å². The smallest absolute Gasteiger partial charge is 0.230 e. The Hall–Kier alpha value is -1.88. The van der Waals surface area contributed by atoms with Crippen molar-refractivity contribution in [2.24, 2.45) is 15.2 Å². The van der Waals surface area contributed by atoms with Crippen molar-refractivity contribution in [3.63, 3.8) is 0 Å². The molecule has 18 heavy (non-hydrogen) atoms. The number of aliphatic imine (C=N–C) groups is 1. The van der Waals surface area contributed by atoms with Crippen molar-refractivity contribution in [2.45, 2.75) is 20.3 Å². The van der Waals surface area contributed by atoms with Crippen molar-refractivity contribution in [3.8, 4) is 0 Å². The van der Waals surface area contributed by atoms with E-state index in [0.717, 1.165) is 23.4 Å². The highest BCUT2D eigenvalue weighted by Crippen LogP contribution is 2.27. The lowest BCUT2D eigenvalue weighted by molar-refractivity contribution is 1.15. The second-order valence-electron chi connectivity index (χ2n) is 3.79. The van der Waals surface area contributed by atoms with Gasteiger partial charge in [0.05, 0.1) is 11.4 Å². The average molecular weight is 258 g/mol. The molecular formula is C13H14N4S. The molecular weight excluding hydrogens is 244 g/mol. The van der Waals surface area contributed by atoms with E-state index in [4.69, 9.17) is 0 Å². The molecule has 0 aliphatic carbocycles. The van der Waals surface area contributed by atoms with Crippen LogP contribution in [0, 0.1) is 6.92 Å². The highest BCUT2D eigenvalue weighted by molar-refractivity contribution is 7.15. The summed E-state index contributed by atoms with van der Waals surface area (Å²) in [7, 11) is 0. The van der Waals surface area contributed by atoms with E-state index in [1.165, 1.54) is 4.88 Å². The Labute approximate surface area is 110 Å². The van der Waals surface area contributed by atoms with E-state index in [9.17, 15) is 0 Å². The topological polar surface area (TPSA) is 50.0 Å². The van der Waals surface area contributed by atoms with Gasteiger partial charge in [-0.05, 0) is 43.8 Å². The Morgan fingerprint density at radius 1 is 1.33 bits per heavy atom. The molecule has 0 unspecified atom stereocenters. The number of benzene rings is 1. The lowest BCUT2D eigenvalue weighted by atomic mass is 10.2. The molecule has 2 aromatic rings. The van der Waals surface area contributed by atoms with E-state index in [-0.39, 0.29) is 0 Å². The highest BCUT2D eigenvalue weighted by Gasteiger charge is 2.00. The molecule has 0 N–H and O–H groups in total. The normalized spacial score (nSPS) is 11.0. The number of azo groups is 1. The molecule has 0 amide bonds. The van der Waals surface area contributed by atoms with Crippen molar-refractivity contribution in [2.75, 3.05) is 0 Å². The SMILES string of the molecule is C=Nc1ccc(N=Nc2ncc(CC)s2)c(C)c1. The van der Waals surface area contributed by atoms with Crippen LogP contribution in [0.5, 0.6) is 0 Å². The second kappa shape index (κ2) is 5.64. The third-order valence-electron chi connectivity index (χ3n) is 2.50. The van der Waals surface area contributed by atoms with Crippen LogP contribution in [0.2, 0.25) is 0 Å². The maximum atomic E-state index is 4.21. The van der Waals surface area contributed by atoms with Crippen molar-refractivity contribution in [1.82, 2.24) is 4.98 Å². The molecule has 0 atom stereocenters. The summed E-state index contributed by atoms with van der Waals surface area (Å²) in [5.74, 6) is 0. The molecule has 4 nitrogen and oxygen atoms in total. The van der Waals surface area contributed by atoms with Crippen LogP contribution in [0.25, 0.3) is 0 Å². The van der Waals surface area contributed by atoms with E-state index >= 15 is 0 Å². The molecule has 2 rings (SSSR count). The fraction of sp³-hybridized carbons (Fsp3) is 0.231. The molecule has 5 heteroatoms. The first-order chi connectivity index (χ1) is 8.72. The lowest BCUT2D eigenvalue weighted by Gasteiger charge is -1.99. The van der Waals surface area contributed by atoms with Crippen molar-refractivity contribution in [1.29, 1.82) is 0 Å². The monoisotopic (exact) mass is 258 g/mol. The van der Waals surface area contributed by atoms with Gasteiger partial charge in [0.2, 0.25) is 5.13 Å². The summed E-state index contributed by atoms with van der Waals surface area (Å²) in [6, 6.07) is 5.69. The predicted octanol–water partition coefficient (Wildman–Crippen LogP) is 4.76. The first-order valence-electron chi connectivity index (χ1n) is 5.66. The van der Waals surface area contributed by atoms with E-state index in [1.54, 1.807) is 11.3 Å². The van der Waals surface area contributed by atoms with Crippen LogP contribution < -0.4 is 0 Å². The van der Waals surface area contributed by atoms with Crippen LogP contribution in [-0.4, -0.2) is 11.7 Å². The van der Waals surface area contributed by atoms with Crippen LogP contribution in [0.3, 0.4) is 0 Å². The minimum absolute atomic E-state index is 0.692. The molecule has 1 aromatic heterocycles. The molecule has 1 aromatic carbocycles. The van der Waals surface area contributed by atoms with Crippen LogP contribution in [0.1, 0.15) is 17.4 Å². The van der Waals surface area contributed by atoms with Gasteiger partial charge in [-0.3, -0.25) is 4.99 Å². The number of thiazole rings is 1. The minimum Gasteiger partial charge on any atom is -0.265 e. The largest absolute Gasteiger partial charge is 0.265 e. The van der Waals surface area contributed by atoms with Gasteiger partial charge < -0.3 is 0 Å². The zero-order valence-electron chi connectivity index (χ0n) is 10.4. The van der Waals surface area contributed by atoms with Gasteiger partial charge in [-0.15, -0.1) is 10.2 Å². The number of aromatic nitrogens is 1. The van der Waals surface area contributed by atoms with E-state index in [1.807, 2.05) is 31.3 Å². The zero-order chi connectivity index (χ0) is 13.0. The van der Waals surface area contributed by atoms with Crippen molar-refractivity contribution < 1.29 is 0 Å². The summed E-state index contributed by atoms with van der Waals surface area (Å²) < 4.78 is 0. The van der Waals surface area contributed by atoms with Gasteiger partial charge in [0.15, 0.2) is 0 Å². The van der Waals surface area contributed by atoms with Crippen LogP contribution in [-0.2, 0) is 6.42 Å². The third-order valence-corrected chi connectivity index (χ3v) is 3.52.